The number of benzene rings is 9. The maximum Gasteiger partial charge on any atom is 0.0546 e. The van der Waals surface area contributed by atoms with E-state index in [1.54, 1.807) is 0 Å². The lowest BCUT2D eigenvalue weighted by atomic mass is 9.81. The fraction of sp³-hybridized carbons (Fsp3) is 0.127. The molecule has 0 radical (unpaired) electrons. The van der Waals surface area contributed by atoms with Crippen LogP contribution in [-0.4, -0.2) is 0 Å². The molecule has 9 aromatic carbocycles. The maximum atomic E-state index is 2.56. The summed E-state index contributed by atoms with van der Waals surface area (Å²) in [7, 11) is 0. The Morgan fingerprint density at radius 1 is 0.411 bits per heavy atom. The monoisotopic (exact) mass is 719 g/mol. The molecule has 56 heavy (non-hydrogen) atoms. The molecule has 0 fully saturated rings. The number of rotatable bonds is 5. The molecule has 0 spiro atoms. The van der Waals surface area contributed by atoms with E-state index >= 15 is 0 Å². The van der Waals surface area contributed by atoms with Gasteiger partial charge in [0, 0.05) is 22.1 Å². The van der Waals surface area contributed by atoms with Gasteiger partial charge in [-0.15, -0.1) is 0 Å². The molecule has 1 aliphatic carbocycles. The van der Waals surface area contributed by atoms with Gasteiger partial charge in [-0.05, 0) is 107 Å². The van der Waals surface area contributed by atoms with Gasteiger partial charge in [-0.1, -0.05) is 186 Å². The molecule has 10 rings (SSSR count). The molecular weight excluding hydrogens is 675 g/mol. The van der Waals surface area contributed by atoms with Crippen LogP contribution in [0.3, 0.4) is 0 Å². The molecule has 1 aliphatic rings. The Kier molecular flexibility index (Phi) is 7.80. The molecule has 0 aromatic heterocycles. The molecule has 0 N–H and O–H groups in total. The molecule has 0 amide bonds. The van der Waals surface area contributed by atoms with E-state index in [9.17, 15) is 0 Å². The van der Waals surface area contributed by atoms with Crippen molar-refractivity contribution in [2.45, 2.75) is 45.4 Å². The Morgan fingerprint density at radius 3 is 1.79 bits per heavy atom. The van der Waals surface area contributed by atoms with Crippen LogP contribution in [0.1, 0.15) is 51.3 Å². The van der Waals surface area contributed by atoms with Crippen molar-refractivity contribution >= 4 is 49.4 Å². The van der Waals surface area contributed by atoms with Gasteiger partial charge in [-0.2, -0.15) is 0 Å². The SMILES string of the molecule is CC(C)(C)c1ccccc1-c1cc2ccccc2cc1N(c1ccc2c(c1)C(C)(C)c1cccc(-c3ccccc3)c1-2)c1cc2ccccc2c2ccccc12. The van der Waals surface area contributed by atoms with Crippen molar-refractivity contribution in [1.82, 2.24) is 0 Å². The number of hydrogen-bond acceptors (Lipinski definition) is 1. The highest BCUT2D eigenvalue weighted by Crippen LogP contribution is 2.55. The number of hydrogen-bond donors (Lipinski definition) is 0. The minimum atomic E-state index is -0.201. The topological polar surface area (TPSA) is 3.24 Å². The van der Waals surface area contributed by atoms with Gasteiger partial charge in [0.05, 0.1) is 11.4 Å². The number of nitrogens with zero attached hydrogens (tertiary/aromatic N) is 1. The molecule has 0 atom stereocenters. The lowest BCUT2D eigenvalue weighted by Crippen LogP contribution is -2.17. The first kappa shape index (κ1) is 34.1. The molecule has 0 aliphatic heterocycles. The van der Waals surface area contributed by atoms with Crippen LogP contribution in [0.25, 0.3) is 65.7 Å². The van der Waals surface area contributed by atoms with Crippen molar-refractivity contribution < 1.29 is 0 Å². The molecule has 0 heterocycles. The first-order valence-electron chi connectivity index (χ1n) is 19.9. The van der Waals surface area contributed by atoms with Gasteiger partial charge in [0.2, 0.25) is 0 Å². The molecule has 9 aromatic rings. The van der Waals surface area contributed by atoms with Crippen molar-refractivity contribution in [3.05, 3.63) is 199 Å². The molecular formula is C55H45N. The zero-order valence-corrected chi connectivity index (χ0v) is 32.8. The summed E-state index contributed by atoms with van der Waals surface area (Å²) < 4.78 is 0. The van der Waals surface area contributed by atoms with E-state index in [0.29, 0.717) is 0 Å². The van der Waals surface area contributed by atoms with Crippen LogP contribution < -0.4 is 4.90 Å². The highest BCUT2D eigenvalue weighted by molar-refractivity contribution is 6.15. The van der Waals surface area contributed by atoms with E-state index in [4.69, 9.17) is 0 Å². The van der Waals surface area contributed by atoms with Crippen LogP contribution in [0, 0.1) is 0 Å². The van der Waals surface area contributed by atoms with Crippen molar-refractivity contribution in [2.75, 3.05) is 4.90 Å². The minimum absolute atomic E-state index is 0.0557. The van der Waals surface area contributed by atoms with E-state index in [0.717, 1.165) is 5.69 Å². The molecule has 0 saturated heterocycles. The van der Waals surface area contributed by atoms with Gasteiger partial charge in [-0.25, -0.2) is 0 Å². The van der Waals surface area contributed by atoms with Crippen molar-refractivity contribution in [1.29, 1.82) is 0 Å². The van der Waals surface area contributed by atoms with E-state index in [1.165, 1.54) is 93.8 Å². The Bertz CT molecular complexity index is 2980. The van der Waals surface area contributed by atoms with Crippen molar-refractivity contribution in [3.63, 3.8) is 0 Å². The first-order chi connectivity index (χ1) is 27.2. The second-order valence-electron chi connectivity index (χ2n) is 17.0. The third-order valence-electron chi connectivity index (χ3n) is 12.1. The van der Waals surface area contributed by atoms with Crippen LogP contribution in [-0.2, 0) is 10.8 Å². The van der Waals surface area contributed by atoms with Crippen LogP contribution in [0.4, 0.5) is 17.1 Å². The fourth-order valence-corrected chi connectivity index (χ4v) is 9.40. The summed E-state index contributed by atoms with van der Waals surface area (Å²) in [6.07, 6.45) is 0. The summed E-state index contributed by atoms with van der Waals surface area (Å²) in [6.45, 7) is 11.8. The van der Waals surface area contributed by atoms with Crippen LogP contribution in [0.2, 0.25) is 0 Å². The lowest BCUT2D eigenvalue weighted by Gasteiger charge is -2.32. The third kappa shape index (κ3) is 5.37. The summed E-state index contributed by atoms with van der Waals surface area (Å²) in [5, 5.41) is 7.43. The van der Waals surface area contributed by atoms with E-state index in [-0.39, 0.29) is 10.8 Å². The predicted molar refractivity (Wildman–Crippen MR) is 241 cm³/mol. The van der Waals surface area contributed by atoms with Crippen LogP contribution in [0.15, 0.2) is 182 Å². The van der Waals surface area contributed by atoms with E-state index in [2.05, 4.69) is 222 Å². The second kappa shape index (κ2) is 12.8. The Labute approximate surface area is 330 Å². The van der Waals surface area contributed by atoms with Gasteiger partial charge in [-0.3, -0.25) is 0 Å². The maximum absolute atomic E-state index is 2.56. The first-order valence-corrected chi connectivity index (χ1v) is 19.9. The predicted octanol–water partition coefficient (Wildman–Crippen LogP) is 15.6. The second-order valence-corrected chi connectivity index (χ2v) is 17.0. The molecule has 270 valence electrons. The molecule has 0 saturated carbocycles. The Hall–Kier alpha value is -6.44. The summed E-state index contributed by atoms with van der Waals surface area (Å²) in [6, 6.07) is 67.8. The van der Waals surface area contributed by atoms with Crippen molar-refractivity contribution in [3.8, 4) is 33.4 Å². The average Bonchev–Trinajstić information content (AvgIpc) is 3.46. The third-order valence-corrected chi connectivity index (χ3v) is 12.1. The number of anilines is 3. The van der Waals surface area contributed by atoms with E-state index < -0.39 is 0 Å². The lowest BCUT2D eigenvalue weighted by molar-refractivity contribution is 0.592. The normalized spacial score (nSPS) is 13.2. The van der Waals surface area contributed by atoms with Gasteiger partial charge in [0.15, 0.2) is 0 Å². The summed E-state index contributed by atoms with van der Waals surface area (Å²) in [4.78, 5) is 2.56. The quantitative estimate of drug-likeness (QED) is 0.160. The van der Waals surface area contributed by atoms with Crippen molar-refractivity contribution in [2.24, 2.45) is 0 Å². The molecule has 1 nitrogen and oxygen atoms in total. The minimum Gasteiger partial charge on any atom is -0.309 e. The zero-order valence-electron chi connectivity index (χ0n) is 32.8. The number of fused-ring (bicyclic) bond motifs is 7. The Balaban J connectivity index is 1.31. The zero-order chi connectivity index (χ0) is 38.2. The van der Waals surface area contributed by atoms with Gasteiger partial charge in [0.25, 0.3) is 0 Å². The van der Waals surface area contributed by atoms with Gasteiger partial charge < -0.3 is 4.90 Å². The average molecular weight is 720 g/mol. The van der Waals surface area contributed by atoms with Gasteiger partial charge in [0.1, 0.15) is 0 Å². The standard InChI is InChI=1S/C55H45N/c1-54(2,3)48-28-16-15-25-44(48)47-32-37-20-9-10-21-38(37)33-52(47)56(51-34-39-22-11-12-23-41(39)43-24-13-14-26-45(43)51)40-30-31-46-50(35-40)55(4,5)49-29-17-27-42(53(46)49)36-18-7-6-8-19-36/h6-35H,1-5H3. The fourth-order valence-electron chi connectivity index (χ4n) is 9.40. The van der Waals surface area contributed by atoms with Gasteiger partial charge >= 0.3 is 0 Å². The summed E-state index contributed by atoms with van der Waals surface area (Å²) in [5.41, 5.74) is 15.0. The largest absolute Gasteiger partial charge is 0.309 e. The molecule has 1 heteroatoms. The summed E-state index contributed by atoms with van der Waals surface area (Å²) in [5.74, 6) is 0. The highest BCUT2D eigenvalue weighted by atomic mass is 15.1. The Morgan fingerprint density at radius 2 is 1.02 bits per heavy atom. The van der Waals surface area contributed by atoms with Crippen LogP contribution in [0.5, 0.6) is 0 Å². The van der Waals surface area contributed by atoms with E-state index in [1.807, 2.05) is 0 Å². The summed E-state index contributed by atoms with van der Waals surface area (Å²) >= 11 is 0. The smallest absolute Gasteiger partial charge is 0.0546 e. The van der Waals surface area contributed by atoms with Crippen LogP contribution >= 0.6 is 0 Å². The molecule has 0 bridgehead atoms. The highest BCUT2D eigenvalue weighted by Gasteiger charge is 2.38. The molecule has 0 unspecified atom stereocenters.